The molecule has 1 fully saturated rings. The van der Waals surface area contributed by atoms with Gasteiger partial charge in [-0.1, -0.05) is 6.42 Å². The number of rotatable bonds is 5. The maximum absolute atomic E-state index is 12.7. The lowest BCUT2D eigenvalue weighted by Gasteiger charge is -2.33. The SMILES string of the molecule is CC(=O)NCc1ccc(S(=O)(=O)N2CCCCC2CN)s1.Cl. The standard InChI is InChI=1S/C13H21N3O3S2.ClH/c1-10(17)15-9-12-5-6-13(20-12)21(18,19)16-7-3-2-4-11(16)8-14;/h5-6,11H,2-4,7-9,14H2,1H3,(H,15,17);1H. The van der Waals surface area contributed by atoms with Crippen LogP contribution in [0.3, 0.4) is 0 Å². The number of nitrogens with zero attached hydrogens (tertiary/aromatic N) is 1. The molecule has 1 unspecified atom stereocenters. The van der Waals surface area contributed by atoms with Gasteiger partial charge < -0.3 is 11.1 Å². The molecule has 2 rings (SSSR count). The van der Waals surface area contributed by atoms with E-state index in [1.807, 2.05) is 0 Å². The molecule has 1 aliphatic rings. The molecule has 9 heteroatoms. The van der Waals surface area contributed by atoms with Crippen LogP contribution in [-0.4, -0.2) is 37.8 Å². The van der Waals surface area contributed by atoms with Gasteiger partial charge in [0.1, 0.15) is 4.21 Å². The average molecular weight is 368 g/mol. The molecule has 0 saturated carbocycles. The van der Waals surface area contributed by atoms with E-state index in [9.17, 15) is 13.2 Å². The number of sulfonamides is 1. The number of hydrogen-bond donors (Lipinski definition) is 2. The van der Waals surface area contributed by atoms with E-state index in [1.54, 1.807) is 12.1 Å². The fraction of sp³-hybridized carbons (Fsp3) is 0.615. The van der Waals surface area contributed by atoms with Gasteiger partial charge in [-0.15, -0.1) is 23.7 Å². The zero-order valence-electron chi connectivity index (χ0n) is 12.4. The van der Waals surface area contributed by atoms with Crippen molar-refractivity contribution in [3.8, 4) is 0 Å². The van der Waals surface area contributed by atoms with Gasteiger partial charge in [0.2, 0.25) is 5.91 Å². The fourth-order valence-electron chi connectivity index (χ4n) is 2.45. The summed E-state index contributed by atoms with van der Waals surface area (Å²) in [6.07, 6.45) is 2.71. The van der Waals surface area contributed by atoms with Crippen molar-refractivity contribution in [3.05, 3.63) is 17.0 Å². The van der Waals surface area contributed by atoms with Crippen LogP contribution in [0.2, 0.25) is 0 Å². The quantitative estimate of drug-likeness (QED) is 0.820. The summed E-state index contributed by atoms with van der Waals surface area (Å²) in [7, 11) is -3.48. The Labute approximate surface area is 141 Å². The molecule has 0 radical (unpaired) electrons. The summed E-state index contributed by atoms with van der Waals surface area (Å²) in [6, 6.07) is 3.25. The third kappa shape index (κ3) is 4.42. The number of amides is 1. The Morgan fingerprint density at radius 1 is 1.45 bits per heavy atom. The van der Waals surface area contributed by atoms with Crippen molar-refractivity contribution in [2.24, 2.45) is 5.73 Å². The van der Waals surface area contributed by atoms with Gasteiger partial charge in [0.05, 0.1) is 6.54 Å². The molecule has 3 N–H and O–H groups in total. The molecule has 0 aliphatic carbocycles. The monoisotopic (exact) mass is 367 g/mol. The summed E-state index contributed by atoms with van der Waals surface area (Å²) in [4.78, 5) is 11.7. The molecule has 1 aliphatic heterocycles. The molecule has 6 nitrogen and oxygen atoms in total. The lowest BCUT2D eigenvalue weighted by Crippen LogP contribution is -2.47. The first-order chi connectivity index (χ1) is 9.95. The molecule has 1 aromatic heterocycles. The van der Waals surface area contributed by atoms with Crippen molar-refractivity contribution in [2.75, 3.05) is 13.1 Å². The smallest absolute Gasteiger partial charge is 0.252 e. The van der Waals surface area contributed by atoms with Crippen molar-refractivity contribution < 1.29 is 13.2 Å². The Kier molecular flexibility index (Phi) is 7.27. The predicted molar refractivity (Wildman–Crippen MR) is 89.7 cm³/mol. The van der Waals surface area contributed by atoms with Crippen LogP contribution < -0.4 is 11.1 Å². The van der Waals surface area contributed by atoms with Gasteiger partial charge in [-0.25, -0.2) is 8.42 Å². The zero-order chi connectivity index (χ0) is 15.5. The van der Waals surface area contributed by atoms with E-state index in [4.69, 9.17) is 5.73 Å². The third-order valence-electron chi connectivity index (χ3n) is 3.56. The number of thiophene rings is 1. The van der Waals surface area contributed by atoms with E-state index in [2.05, 4.69) is 5.32 Å². The predicted octanol–water partition coefficient (Wildman–Crippen LogP) is 1.31. The van der Waals surface area contributed by atoms with E-state index >= 15 is 0 Å². The average Bonchev–Trinajstić information content (AvgIpc) is 2.94. The highest BCUT2D eigenvalue weighted by molar-refractivity contribution is 7.91. The third-order valence-corrected chi connectivity index (χ3v) is 7.06. The molecule has 0 aromatic carbocycles. The van der Waals surface area contributed by atoms with Gasteiger partial charge in [0.25, 0.3) is 10.0 Å². The zero-order valence-corrected chi connectivity index (χ0v) is 14.9. The number of nitrogens with two attached hydrogens (primary N) is 1. The van der Waals surface area contributed by atoms with E-state index in [0.717, 1.165) is 24.1 Å². The van der Waals surface area contributed by atoms with Crippen molar-refractivity contribution in [3.63, 3.8) is 0 Å². The summed E-state index contributed by atoms with van der Waals surface area (Å²) >= 11 is 1.20. The lowest BCUT2D eigenvalue weighted by atomic mass is 10.1. The van der Waals surface area contributed by atoms with Crippen molar-refractivity contribution in [2.45, 2.75) is 43.0 Å². The summed E-state index contributed by atoms with van der Waals surface area (Å²) in [6.45, 7) is 2.67. The highest BCUT2D eigenvalue weighted by Gasteiger charge is 2.33. The van der Waals surface area contributed by atoms with E-state index in [1.165, 1.54) is 22.6 Å². The molecule has 2 heterocycles. The van der Waals surface area contributed by atoms with Crippen LogP contribution >= 0.6 is 23.7 Å². The van der Waals surface area contributed by atoms with Gasteiger partial charge >= 0.3 is 0 Å². The van der Waals surface area contributed by atoms with Crippen molar-refractivity contribution in [1.82, 2.24) is 9.62 Å². The van der Waals surface area contributed by atoms with Crippen LogP contribution in [0.4, 0.5) is 0 Å². The Bertz CT molecular complexity index is 603. The summed E-state index contributed by atoms with van der Waals surface area (Å²) in [5.74, 6) is -0.132. The first kappa shape index (κ1) is 19.4. The maximum Gasteiger partial charge on any atom is 0.252 e. The number of halogens is 1. The second-order valence-electron chi connectivity index (χ2n) is 5.13. The largest absolute Gasteiger partial charge is 0.351 e. The summed E-state index contributed by atoms with van der Waals surface area (Å²) in [5, 5.41) is 2.67. The van der Waals surface area contributed by atoms with Crippen LogP contribution in [0.15, 0.2) is 16.3 Å². The van der Waals surface area contributed by atoms with E-state index in [-0.39, 0.29) is 24.4 Å². The van der Waals surface area contributed by atoms with E-state index in [0.29, 0.717) is 23.8 Å². The number of carbonyl (C=O) groups is 1. The number of nitrogens with one attached hydrogen (secondary N) is 1. The van der Waals surface area contributed by atoms with Crippen LogP contribution in [0.1, 0.15) is 31.1 Å². The molecule has 0 bridgehead atoms. The fourth-order valence-corrected chi connectivity index (χ4v) is 5.57. The van der Waals surface area contributed by atoms with Crippen LogP contribution in [0.5, 0.6) is 0 Å². The first-order valence-electron chi connectivity index (χ1n) is 7.00. The number of piperidine rings is 1. The van der Waals surface area contributed by atoms with Crippen molar-refractivity contribution in [1.29, 1.82) is 0 Å². The highest BCUT2D eigenvalue weighted by atomic mass is 35.5. The van der Waals surface area contributed by atoms with E-state index < -0.39 is 10.0 Å². The van der Waals surface area contributed by atoms with Gasteiger partial charge in [-0.3, -0.25) is 4.79 Å². The normalized spacial score (nSPS) is 19.5. The molecular weight excluding hydrogens is 346 g/mol. The van der Waals surface area contributed by atoms with Crippen molar-refractivity contribution >= 4 is 39.7 Å². The second-order valence-corrected chi connectivity index (χ2v) is 8.42. The lowest BCUT2D eigenvalue weighted by molar-refractivity contribution is -0.119. The Balaban J connectivity index is 0.00000242. The van der Waals surface area contributed by atoms with Crippen LogP contribution in [0, 0.1) is 0 Å². The Morgan fingerprint density at radius 3 is 2.82 bits per heavy atom. The summed E-state index contributed by atoms with van der Waals surface area (Å²) in [5.41, 5.74) is 5.70. The second kappa shape index (κ2) is 8.26. The molecule has 1 saturated heterocycles. The van der Waals surface area contributed by atoms with Gasteiger partial charge in [0, 0.05) is 30.9 Å². The molecule has 22 heavy (non-hydrogen) atoms. The topological polar surface area (TPSA) is 92.5 Å². The van der Waals surface area contributed by atoms with Gasteiger partial charge in [-0.2, -0.15) is 4.31 Å². The van der Waals surface area contributed by atoms with Crippen LogP contribution in [-0.2, 0) is 21.4 Å². The molecule has 1 aromatic rings. The minimum Gasteiger partial charge on any atom is -0.351 e. The molecule has 126 valence electrons. The number of carbonyl (C=O) groups excluding carboxylic acids is 1. The maximum atomic E-state index is 12.7. The van der Waals surface area contributed by atoms with Crippen LogP contribution in [0.25, 0.3) is 0 Å². The number of hydrogen-bond acceptors (Lipinski definition) is 5. The Hall–Kier alpha value is -0.670. The minimum atomic E-state index is -3.48. The highest BCUT2D eigenvalue weighted by Crippen LogP contribution is 2.29. The van der Waals surface area contributed by atoms with Gasteiger partial charge in [0.15, 0.2) is 0 Å². The molecule has 0 spiro atoms. The Morgan fingerprint density at radius 2 is 2.18 bits per heavy atom. The molecule has 1 amide bonds. The molecule has 1 atom stereocenters. The minimum absolute atomic E-state index is 0. The van der Waals surface area contributed by atoms with Gasteiger partial charge in [-0.05, 0) is 25.0 Å². The summed E-state index contributed by atoms with van der Waals surface area (Å²) < 4.78 is 27.3. The first-order valence-corrected chi connectivity index (χ1v) is 9.26. The molecular formula is C13H22ClN3O3S2.